The van der Waals surface area contributed by atoms with Crippen molar-refractivity contribution in [3.8, 4) is 11.5 Å². The van der Waals surface area contributed by atoms with Crippen LogP contribution in [0.15, 0.2) is 36.4 Å². The number of aromatic hydroxyl groups is 1. The Kier molecular flexibility index (Phi) is 3.71. The van der Waals surface area contributed by atoms with Crippen molar-refractivity contribution in [1.29, 1.82) is 0 Å². The second-order valence-corrected chi connectivity index (χ2v) is 3.89. The van der Waals surface area contributed by atoms with E-state index >= 15 is 0 Å². The van der Waals surface area contributed by atoms with Crippen molar-refractivity contribution in [3.05, 3.63) is 36.4 Å². The molecule has 0 saturated heterocycles. The zero-order chi connectivity index (χ0) is 12.7. The van der Waals surface area contributed by atoms with Gasteiger partial charge in [0.15, 0.2) is 0 Å². The molecule has 0 spiro atoms. The molecule has 0 aliphatic heterocycles. The Bertz CT molecular complexity index is 766. The summed E-state index contributed by atoms with van der Waals surface area (Å²) in [5, 5.41) is 21.8. The van der Waals surface area contributed by atoms with Crippen molar-refractivity contribution >= 4 is 28.0 Å². The van der Waals surface area contributed by atoms with Gasteiger partial charge in [-0.25, -0.2) is 0 Å². The number of rotatable bonds is 1. The fourth-order valence-corrected chi connectivity index (χ4v) is 2.04. The molecule has 0 aliphatic carbocycles. The van der Waals surface area contributed by atoms with Gasteiger partial charge in [-0.3, -0.25) is 0 Å². The molecule has 90 valence electrons. The number of phenolic OH excluding ortho intramolecular Hbond substituents is 1. The molecule has 0 radical (unpaired) electrons. The Balaban J connectivity index is 0.00000133. The largest absolute Gasteiger partial charge is 1.00 e. The molecule has 3 aromatic rings. The van der Waals surface area contributed by atoms with Crippen molar-refractivity contribution in [3.63, 3.8) is 0 Å². The molecule has 0 aliphatic rings. The molecule has 5 nitrogen and oxygen atoms in total. The van der Waals surface area contributed by atoms with Crippen LogP contribution in [0.3, 0.4) is 0 Å². The monoisotopic (exact) mass is 265 g/mol. The zero-order valence-electron chi connectivity index (χ0n) is 10.1. The average molecular weight is 265 g/mol. The van der Waals surface area contributed by atoms with E-state index in [1.165, 1.54) is 12.1 Å². The van der Waals surface area contributed by atoms with Gasteiger partial charge in [0.05, 0.1) is 11.3 Å². The number of H-pyrrole nitrogens is 1. The first-order valence-electron chi connectivity index (χ1n) is 5.27. The number of carboxylic acid groups (broad SMARTS) is 1. The predicted octanol–water partition coefficient (Wildman–Crippen LogP) is -1.25. The molecule has 0 amide bonds. The fourth-order valence-electron chi connectivity index (χ4n) is 2.04. The maximum Gasteiger partial charge on any atom is 1.00 e. The molecule has 1 heterocycles. The summed E-state index contributed by atoms with van der Waals surface area (Å²) in [7, 11) is 0. The normalized spacial score (nSPS) is 10.3. The minimum absolute atomic E-state index is 0. The molecule has 6 heteroatoms. The molecule has 2 aromatic carbocycles. The number of aromatic nitrogens is 1. The van der Waals surface area contributed by atoms with Crippen LogP contribution in [0, 0.1) is 0 Å². The molecule has 2 N–H and O–H groups in total. The van der Waals surface area contributed by atoms with E-state index < -0.39 is 6.16 Å². The summed E-state index contributed by atoms with van der Waals surface area (Å²) in [5.41, 5.74) is 1.61. The predicted molar refractivity (Wildman–Crippen MR) is 63.5 cm³/mol. The average Bonchev–Trinajstić information content (AvgIpc) is 2.66. The topological polar surface area (TPSA) is 85.4 Å². The fraction of sp³-hybridized carbons (Fsp3) is 0. The quantitative estimate of drug-likeness (QED) is 0.327. The summed E-state index contributed by atoms with van der Waals surface area (Å²) in [5.74, 6) is -0.384. The Morgan fingerprint density at radius 2 is 1.89 bits per heavy atom. The number of hydrogen-bond donors (Lipinski definition) is 2. The number of carbonyl (C=O) groups excluding carboxylic acids is 1. The number of para-hydroxylation sites is 1. The Hall–Kier alpha value is -1.69. The van der Waals surface area contributed by atoms with Crippen LogP contribution in [-0.2, 0) is 0 Å². The number of nitrogens with one attached hydrogen (secondary N) is 1. The van der Waals surface area contributed by atoms with Gasteiger partial charge in [-0.2, -0.15) is 0 Å². The van der Waals surface area contributed by atoms with E-state index in [1.807, 2.05) is 24.3 Å². The Morgan fingerprint density at radius 1 is 1.16 bits per heavy atom. The summed E-state index contributed by atoms with van der Waals surface area (Å²) in [6, 6.07) is 10.4. The summed E-state index contributed by atoms with van der Waals surface area (Å²) >= 11 is 0. The SMILES string of the molecule is O=C([O-])Oc1cc2c(cc1O)[nH]c1ccccc12.[Na+]. The van der Waals surface area contributed by atoms with Crippen LogP contribution in [0.2, 0.25) is 0 Å². The van der Waals surface area contributed by atoms with Crippen LogP contribution in [0.5, 0.6) is 11.5 Å². The minimum Gasteiger partial charge on any atom is -0.510 e. The van der Waals surface area contributed by atoms with Crippen molar-refractivity contribution in [2.75, 3.05) is 0 Å². The number of carbonyl (C=O) groups is 1. The minimum atomic E-state index is -1.70. The second kappa shape index (κ2) is 5.13. The van der Waals surface area contributed by atoms with E-state index in [0.717, 1.165) is 16.3 Å². The molecule has 0 atom stereocenters. The molecule has 0 saturated carbocycles. The van der Waals surface area contributed by atoms with E-state index in [1.54, 1.807) is 0 Å². The summed E-state index contributed by atoms with van der Waals surface area (Å²) in [4.78, 5) is 13.5. The molecule has 0 bridgehead atoms. The molecule has 0 unspecified atom stereocenters. The van der Waals surface area contributed by atoms with Gasteiger partial charge in [-0.1, -0.05) is 18.2 Å². The number of phenols is 1. The van der Waals surface area contributed by atoms with Gasteiger partial charge in [-0.05, 0) is 12.1 Å². The number of hydrogen-bond acceptors (Lipinski definition) is 4. The first-order chi connectivity index (χ1) is 8.65. The summed E-state index contributed by atoms with van der Waals surface area (Å²) < 4.78 is 4.41. The third-order valence-electron chi connectivity index (χ3n) is 2.78. The smallest absolute Gasteiger partial charge is 0.510 e. The summed E-state index contributed by atoms with van der Waals surface area (Å²) in [6.45, 7) is 0. The van der Waals surface area contributed by atoms with Gasteiger partial charge in [0, 0.05) is 22.4 Å². The van der Waals surface area contributed by atoms with Gasteiger partial charge in [0.1, 0.15) is 5.75 Å². The van der Waals surface area contributed by atoms with Gasteiger partial charge in [0.2, 0.25) is 0 Å². The van der Waals surface area contributed by atoms with Crippen LogP contribution >= 0.6 is 0 Å². The number of benzene rings is 2. The van der Waals surface area contributed by atoms with Gasteiger partial charge in [-0.15, -0.1) is 0 Å². The third kappa shape index (κ3) is 2.40. The Labute approximate surface area is 130 Å². The van der Waals surface area contributed by atoms with Crippen molar-refractivity contribution in [1.82, 2.24) is 4.98 Å². The number of ether oxygens (including phenoxy) is 1. The van der Waals surface area contributed by atoms with Crippen LogP contribution in [0.4, 0.5) is 4.79 Å². The van der Waals surface area contributed by atoms with Crippen molar-refractivity contribution < 1.29 is 49.3 Å². The van der Waals surface area contributed by atoms with Crippen LogP contribution in [0.25, 0.3) is 21.8 Å². The standard InChI is InChI=1S/C13H9NO4.Na/c15-11-6-10-8(5-12(11)18-13(16)17)7-3-1-2-4-9(7)14-10;/h1-6,14-15H,(H,16,17);/q;+1/p-1. The molecular formula is C13H8NNaO4. The van der Waals surface area contributed by atoms with Gasteiger partial charge in [0.25, 0.3) is 6.16 Å². The maximum atomic E-state index is 10.4. The van der Waals surface area contributed by atoms with E-state index in [9.17, 15) is 15.0 Å². The molecule has 3 rings (SSSR count). The first kappa shape index (κ1) is 13.7. The third-order valence-corrected chi connectivity index (χ3v) is 2.78. The number of aromatic amines is 1. The van der Waals surface area contributed by atoms with Crippen molar-refractivity contribution in [2.24, 2.45) is 0 Å². The Morgan fingerprint density at radius 3 is 2.63 bits per heavy atom. The molecular weight excluding hydrogens is 257 g/mol. The van der Waals surface area contributed by atoms with Crippen molar-refractivity contribution in [2.45, 2.75) is 0 Å². The number of fused-ring (bicyclic) bond motifs is 3. The van der Waals surface area contributed by atoms with Gasteiger partial charge < -0.3 is 24.7 Å². The van der Waals surface area contributed by atoms with Gasteiger partial charge >= 0.3 is 29.6 Å². The van der Waals surface area contributed by atoms with E-state index in [0.29, 0.717) is 5.52 Å². The van der Waals surface area contributed by atoms with Crippen LogP contribution in [0.1, 0.15) is 0 Å². The first-order valence-corrected chi connectivity index (χ1v) is 5.27. The molecule has 0 fully saturated rings. The van der Waals surface area contributed by atoms with Crippen LogP contribution < -0.4 is 39.4 Å². The van der Waals surface area contributed by atoms with E-state index in [-0.39, 0.29) is 41.1 Å². The van der Waals surface area contributed by atoms with E-state index in [2.05, 4.69) is 9.72 Å². The zero-order valence-corrected chi connectivity index (χ0v) is 12.1. The summed E-state index contributed by atoms with van der Waals surface area (Å²) in [6.07, 6.45) is -1.70. The second-order valence-electron chi connectivity index (χ2n) is 3.89. The molecule has 1 aromatic heterocycles. The van der Waals surface area contributed by atoms with E-state index in [4.69, 9.17) is 0 Å². The van der Waals surface area contributed by atoms with Crippen LogP contribution in [-0.4, -0.2) is 16.2 Å². The maximum absolute atomic E-state index is 10.4. The molecule has 19 heavy (non-hydrogen) atoms.